The number of aryl methyl sites for hydroxylation is 1. The molecule has 3 heterocycles. The Morgan fingerprint density at radius 2 is 2.23 bits per heavy atom. The lowest BCUT2D eigenvalue weighted by Crippen LogP contribution is -2.29. The van der Waals surface area contributed by atoms with Crippen LogP contribution in [0.3, 0.4) is 0 Å². The van der Waals surface area contributed by atoms with Crippen LogP contribution in [0.25, 0.3) is 0 Å². The maximum atomic E-state index is 12.3. The highest BCUT2D eigenvalue weighted by atomic mass is 16.5. The van der Waals surface area contributed by atoms with Gasteiger partial charge in [0.15, 0.2) is 5.76 Å². The molecule has 5 heteroatoms. The van der Waals surface area contributed by atoms with Gasteiger partial charge in [0.2, 0.25) is 0 Å². The molecule has 0 unspecified atom stereocenters. The van der Waals surface area contributed by atoms with Gasteiger partial charge in [0.25, 0.3) is 5.91 Å². The molecule has 3 rings (SSSR count). The molecule has 0 saturated carbocycles. The Hall–Kier alpha value is -1.33. The molecule has 5 nitrogen and oxygen atoms in total. The maximum absolute atomic E-state index is 12.3. The fraction of sp³-hybridized carbons (Fsp3) is 0.706. The summed E-state index contributed by atoms with van der Waals surface area (Å²) in [6.07, 6.45) is 4.40. The topological polar surface area (TPSA) is 54.7 Å². The van der Waals surface area contributed by atoms with E-state index < -0.39 is 0 Å². The lowest BCUT2D eigenvalue weighted by molar-refractivity contribution is 0.0915. The number of carbonyl (C=O) groups excluding carboxylic acids is 1. The summed E-state index contributed by atoms with van der Waals surface area (Å²) in [5, 5.41) is 2.97. The Morgan fingerprint density at radius 1 is 1.41 bits per heavy atom. The first-order valence-electron chi connectivity index (χ1n) is 8.46. The Kier molecular flexibility index (Phi) is 5.16. The van der Waals surface area contributed by atoms with Crippen LogP contribution >= 0.6 is 0 Å². The normalized spacial score (nSPS) is 22.3. The van der Waals surface area contributed by atoms with E-state index in [-0.39, 0.29) is 5.91 Å². The van der Waals surface area contributed by atoms with Gasteiger partial charge in [-0.2, -0.15) is 0 Å². The third-order valence-electron chi connectivity index (χ3n) is 4.61. The van der Waals surface area contributed by atoms with Crippen LogP contribution in [0.15, 0.2) is 10.5 Å². The minimum Gasteiger partial charge on any atom is -0.456 e. The van der Waals surface area contributed by atoms with Gasteiger partial charge in [0.1, 0.15) is 5.76 Å². The SMILES string of the molecule is CCc1oc(C(=O)NC[C@H]2CCOC2)cc1CN1CCCC1. The van der Waals surface area contributed by atoms with Crippen molar-refractivity contribution >= 4 is 5.91 Å². The lowest BCUT2D eigenvalue weighted by Gasteiger charge is -2.13. The Balaban J connectivity index is 1.59. The van der Waals surface area contributed by atoms with Crippen LogP contribution < -0.4 is 5.32 Å². The van der Waals surface area contributed by atoms with Crippen molar-refractivity contribution in [1.82, 2.24) is 10.2 Å². The molecule has 1 aromatic heterocycles. The first-order valence-corrected chi connectivity index (χ1v) is 8.46. The van der Waals surface area contributed by atoms with Gasteiger partial charge >= 0.3 is 0 Å². The quantitative estimate of drug-likeness (QED) is 0.875. The van der Waals surface area contributed by atoms with Crippen LogP contribution in [0.2, 0.25) is 0 Å². The zero-order valence-corrected chi connectivity index (χ0v) is 13.4. The van der Waals surface area contributed by atoms with Crippen molar-refractivity contribution in [3.05, 3.63) is 23.2 Å². The molecule has 2 aliphatic heterocycles. The number of amides is 1. The fourth-order valence-electron chi connectivity index (χ4n) is 3.26. The number of hydrogen-bond donors (Lipinski definition) is 1. The van der Waals surface area contributed by atoms with E-state index in [1.54, 1.807) is 0 Å². The summed E-state index contributed by atoms with van der Waals surface area (Å²) in [6, 6.07) is 1.93. The second-order valence-corrected chi connectivity index (χ2v) is 6.34. The summed E-state index contributed by atoms with van der Waals surface area (Å²) in [5.74, 6) is 1.73. The van der Waals surface area contributed by atoms with E-state index in [9.17, 15) is 4.79 Å². The van der Waals surface area contributed by atoms with Crippen LogP contribution in [0.5, 0.6) is 0 Å². The predicted molar refractivity (Wildman–Crippen MR) is 83.9 cm³/mol. The van der Waals surface area contributed by atoms with Crippen molar-refractivity contribution in [3.63, 3.8) is 0 Å². The average Bonchev–Trinajstić information content (AvgIpc) is 3.27. The van der Waals surface area contributed by atoms with Crippen LogP contribution in [0.1, 0.15) is 48.1 Å². The van der Waals surface area contributed by atoms with Crippen molar-refractivity contribution in [2.75, 3.05) is 32.8 Å². The summed E-state index contributed by atoms with van der Waals surface area (Å²) >= 11 is 0. The van der Waals surface area contributed by atoms with Gasteiger partial charge in [-0.25, -0.2) is 0 Å². The highest BCUT2D eigenvalue weighted by Gasteiger charge is 2.21. The van der Waals surface area contributed by atoms with E-state index in [0.29, 0.717) is 18.2 Å². The second-order valence-electron chi connectivity index (χ2n) is 6.34. The summed E-state index contributed by atoms with van der Waals surface area (Å²) < 4.78 is 11.1. The Labute approximate surface area is 132 Å². The fourth-order valence-corrected chi connectivity index (χ4v) is 3.26. The highest BCUT2D eigenvalue weighted by Crippen LogP contribution is 2.21. The second kappa shape index (κ2) is 7.29. The molecule has 0 aromatic carbocycles. The molecule has 1 amide bonds. The van der Waals surface area contributed by atoms with Crippen molar-refractivity contribution in [1.29, 1.82) is 0 Å². The first-order chi connectivity index (χ1) is 10.8. The molecular weight excluding hydrogens is 280 g/mol. The molecule has 2 saturated heterocycles. The minimum absolute atomic E-state index is 0.103. The van der Waals surface area contributed by atoms with Crippen LogP contribution in [-0.2, 0) is 17.7 Å². The number of furan rings is 1. The van der Waals surface area contributed by atoms with E-state index in [2.05, 4.69) is 17.1 Å². The first kappa shape index (κ1) is 15.6. The summed E-state index contributed by atoms with van der Waals surface area (Å²) in [4.78, 5) is 14.7. The zero-order chi connectivity index (χ0) is 15.4. The zero-order valence-electron chi connectivity index (χ0n) is 13.4. The molecule has 2 aliphatic rings. The van der Waals surface area contributed by atoms with Gasteiger partial charge in [0, 0.05) is 37.6 Å². The third-order valence-corrected chi connectivity index (χ3v) is 4.61. The van der Waals surface area contributed by atoms with Crippen LogP contribution in [-0.4, -0.2) is 43.7 Å². The Morgan fingerprint density at radius 3 is 2.91 bits per heavy atom. The van der Waals surface area contributed by atoms with E-state index >= 15 is 0 Å². The third kappa shape index (κ3) is 3.70. The van der Waals surface area contributed by atoms with E-state index in [1.807, 2.05) is 6.07 Å². The molecule has 0 bridgehead atoms. The number of nitrogens with zero attached hydrogens (tertiary/aromatic N) is 1. The standard InChI is InChI=1S/C17H26N2O3/c1-2-15-14(11-19-6-3-4-7-19)9-16(22-15)17(20)18-10-13-5-8-21-12-13/h9,13H,2-8,10-12H2,1H3,(H,18,20)/t13-/m1/s1. The van der Waals surface area contributed by atoms with Gasteiger partial charge in [0.05, 0.1) is 6.61 Å². The molecule has 22 heavy (non-hydrogen) atoms. The number of ether oxygens (including phenoxy) is 1. The van der Waals surface area contributed by atoms with Crippen LogP contribution in [0.4, 0.5) is 0 Å². The minimum atomic E-state index is -0.103. The monoisotopic (exact) mass is 306 g/mol. The van der Waals surface area contributed by atoms with Gasteiger partial charge in [-0.3, -0.25) is 9.69 Å². The number of likely N-dealkylation sites (tertiary alicyclic amines) is 1. The number of rotatable bonds is 6. The number of carbonyl (C=O) groups is 1. The Bertz CT molecular complexity index is 500. The van der Waals surface area contributed by atoms with Crippen molar-refractivity contribution in [3.8, 4) is 0 Å². The van der Waals surface area contributed by atoms with E-state index in [4.69, 9.17) is 9.15 Å². The van der Waals surface area contributed by atoms with E-state index in [1.165, 1.54) is 18.4 Å². The van der Waals surface area contributed by atoms with Gasteiger partial charge in [-0.1, -0.05) is 6.92 Å². The van der Waals surface area contributed by atoms with Crippen molar-refractivity contribution in [2.24, 2.45) is 5.92 Å². The number of nitrogens with one attached hydrogen (secondary N) is 1. The molecule has 0 aliphatic carbocycles. The van der Waals surface area contributed by atoms with E-state index in [0.717, 1.165) is 51.4 Å². The highest BCUT2D eigenvalue weighted by molar-refractivity contribution is 5.91. The molecular formula is C17H26N2O3. The molecule has 1 N–H and O–H groups in total. The largest absolute Gasteiger partial charge is 0.456 e. The molecule has 1 aromatic rings. The van der Waals surface area contributed by atoms with Crippen LogP contribution in [0, 0.1) is 5.92 Å². The summed E-state index contributed by atoms with van der Waals surface area (Å²) in [7, 11) is 0. The van der Waals surface area contributed by atoms with Crippen molar-refractivity contribution in [2.45, 2.75) is 39.2 Å². The summed E-state index contributed by atoms with van der Waals surface area (Å²) in [5.41, 5.74) is 1.17. The van der Waals surface area contributed by atoms with Gasteiger partial charge in [-0.05, 0) is 38.4 Å². The molecule has 1 atom stereocenters. The molecule has 0 radical (unpaired) electrons. The summed E-state index contributed by atoms with van der Waals surface area (Å²) in [6.45, 7) is 7.50. The average molecular weight is 306 g/mol. The van der Waals surface area contributed by atoms with Gasteiger partial charge < -0.3 is 14.5 Å². The smallest absolute Gasteiger partial charge is 0.287 e. The lowest BCUT2D eigenvalue weighted by atomic mass is 10.1. The maximum Gasteiger partial charge on any atom is 0.287 e. The molecule has 122 valence electrons. The van der Waals surface area contributed by atoms with Gasteiger partial charge in [-0.15, -0.1) is 0 Å². The molecule has 0 spiro atoms. The predicted octanol–water partition coefficient (Wildman–Crippen LogP) is 2.20. The number of hydrogen-bond acceptors (Lipinski definition) is 4. The molecule has 2 fully saturated rings. The van der Waals surface area contributed by atoms with Crippen molar-refractivity contribution < 1.29 is 13.9 Å².